The van der Waals surface area contributed by atoms with Crippen LogP contribution in [0.25, 0.3) is 0 Å². The molecule has 12 heavy (non-hydrogen) atoms. The highest BCUT2D eigenvalue weighted by molar-refractivity contribution is 5.39. The minimum absolute atomic E-state index is 0. The first-order valence-corrected chi connectivity index (χ1v) is 3.19. The van der Waals surface area contributed by atoms with Crippen molar-refractivity contribution in [2.75, 3.05) is 0 Å². The molecule has 0 atom stereocenters. The van der Waals surface area contributed by atoms with E-state index in [1.165, 1.54) is 12.3 Å². The predicted molar refractivity (Wildman–Crippen MR) is 45.4 cm³/mol. The average Bonchev–Trinajstić information content (AvgIpc) is 1.94. The van der Waals surface area contributed by atoms with Gasteiger partial charge >= 0.3 is 0 Å². The Morgan fingerprint density at radius 2 is 2.08 bits per heavy atom. The van der Waals surface area contributed by atoms with E-state index in [1.807, 2.05) is 0 Å². The number of rotatable bonds is 1. The van der Waals surface area contributed by atoms with Gasteiger partial charge in [0, 0.05) is 23.5 Å². The summed E-state index contributed by atoms with van der Waals surface area (Å²) >= 11 is 0. The molecule has 1 heterocycles. The highest BCUT2D eigenvalue weighted by Gasteiger charge is 2.10. The predicted octanol–water partition coefficient (Wildman–Crippen LogP) is 1.77. The summed E-state index contributed by atoms with van der Waals surface area (Å²) in [6.45, 7) is 3.45. The lowest BCUT2D eigenvalue weighted by Crippen LogP contribution is -1.94. The third kappa shape index (κ3) is 1.76. The monoisotopic (exact) mass is 169 g/mol. The number of pyridine rings is 1. The third-order valence-electron chi connectivity index (χ3n) is 1.62. The van der Waals surface area contributed by atoms with Gasteiger partial charge in [-0.05, 0) is 13.8 Å². The molecule has 1 rings (SSSR count). The topological polar surface area (TPSA) is 91.0 Å². The van der Waals surface area contributed by atoms with Gasteiger partial charge in [-0.2, -0.15) is 0 Å². The molecule has 0 radical (unpaired) electrons. The van der Waals surface area contributed by atoms with Crippen molar-refractivity contribution < 1.29 is 4.92 Å². The molecule has 1 aromatic heterocycles. The van der Waals surface area contributed by atoms with Crippen LogP contribution < -0.4 is 6.15 Å². The Morgan fingerprint density at radius 1 is 1.50 bits per heavy atom. The highest BCUT2D eigenvalue weighted by atomic mass is 16.6. The lowest BCUT2D eigenvalue weighted by Gasteiger charge is -1.97. The molecule has 0 unspecified atom stereocenters. The van der Waals surface area contributed by atoms with Crippen molar-refractivity contribution in [2.45, 2.75) is 13.8 Å². The van der Waals surface area contributed by atoms with E-state index in [-0.39, 0.29) is 11.8 Å². The van der Waals surface area contributed by atoms with E-state index in [9.17, 15) is 10.1 Å². The molecule has 5 heteroatoms. The normalized spacial score (nSPS) is 8.83. The Kier molecular flexibility index (Phi) is 3.30. The summed E-state index contributed by atoms with van der Waals surface area (Å²) in [6, 6.07) is 1.41. The second kappa shape index (κ2) is 3.77. The molecule has 0 bridgehead atoms. The molecule has 0 saturated heterocycles. The zero-order chi connectivity index (χ0) is 8.43. The zero-order valence-electron chi connectivity index (χ0n) is 7.07. The molecule has 5 nitrogen and oxygen atoms in total. The van der Waals surface area contributed by atoms with Crippen LogP contribution in [0.3, 0.4) is 0 Å². The fourth-order valence-electron chi connectivity index (χ4n) is 0.825. The van der Waals surface area contributed by atoms with Gasteiger partial charge in [0.2, 0.25) is 0 Å². The number of aryl methyl sites for hydroxylation is 1. The summed E-state index contributed by atoms with van der Waals surface area (Å²) in [6.07, 6.45) is 1.44. The van der Waals surface area contributed by atoms with Gasteiger partial charge in [-0.15, -0.1) is 0 Å². The van der Waals surface area contributed by atoms with Crippen molar-refractivity contribution in [1.82, 2.24) is 11.1 Å². The summed E-state index contributed by atoms with van der Waals surface area (Å²) in [7, 11) is 0. The maximum Gasteiger partial charge on any atom is 0.275 e. The molecule has 0 aliphatic rings. The number of hydrogen-bond acceptors (Lipinski definition) is 4. The van der Waals surface area contributed by atoms with Crippen molar-refractivity contribution >= 4 is 5.69 Å². The summed E-state index contributed by atoms with van der Waals surface area (Å²) in [4.78, 5) is 13.9. The minimum Gasteiger partial charge on any atom is -0.344 e. The van der Waals surface area contributed by atoms with Crippen LogP contribution in [-0.2, 0) is 0 Å². The summed E-state index contributed by atoms with van der Waals surface area (Å²) in [5, 5.41) is 10.4. The number of hydrogen-bond donors (Lipinski definition) is 1. The zero-order valence-corrected chi connectivity index (χ0v) is 7.07. The molecule has 0 saturated carbocycles. The van der Waals surface area contributed by atoms with Crippen molar-refractivity contribution in [3.05, 3.63) is 33.6 Å². The van der Waals surface area contributed by atoms with E-state index in [0.29, 0.717) is 11.3 Å². The van der Waals surface area contributed by atoms with Gasteiger partial charge in [0.15, 0.2) is 0 Å². The van der Waals surface area contributed by atoms with Crippen LogP contribution in [0.5, 0.6) is 0 Å². The standard InChI is InChI=1S/C7H8N2O2.H3N/c1-5-6(2)8-4-3-7(5)9(10)11;/h3-4H,1-2H3;1H3. The highest BCUT2D eigenvalue weighted by Crippen LogP contribution is 2.17. The average molecular weight is 169 g/mol. The van der Waals surface area contributed by atoms with Gasteiger partial charge in [0.1, 0.15) is 0 Å². The van der Waals surface area contributed by atoms with Gasteiger partial charge in [0.25, 0.3) is 5.69 Å². The van der Waals surface area contributed by atoms with Crippen LogP contribution in [0.15, 0.2) is 12.3 Å². The van der Waals surface area contributed by atoms with Gasteiger partial charge in [-0.25, -0.2) is 0 Å². The first kappa shape index (κ1) is 10.5. The second-order valence-electron chi connectivity index (χ2n) is 2.30. The lowest BCUT2D eigenvalue weighted by molar-refractivity contribution is -0.385. The van der Waals surface area contributed by atoms with E-state index in [0.717, 1.165) is 0 Å². The largest absolute Gasteiger partial charge is 0.344 e. The SMILES string of the molecule is Cc1nccc([N+](=O)[O-])c1C.N. The van der Waals surface area contributed by atoms with Crippen LogP contribution in [0.1, 0.15) is 11.3 Å². The molecule has 1 aromatic rings. The van der Waals surface area contributed by atoms with Gasteiger partial charge in [-0.1, -0.05) is 0 Å². The molecule has 0 aliphatic heterocycles. The molecule has 3 N–H and O–H groups in total. The van der Waals surface area contributed by atoms with Crippen molar-refractivity contribution in [3.63, 3.8) is 0 Å². The van der Waals surface area contributed by atoms with Crippen LogP contribution in [-0.4, -0.2) is 9.91 Å². The summed E-state index contributed by atoms with van der Waals surface area (Å²) in [5.41, 5.74) is 1.48. The maximum atomic E-state index is 10.4. The summed E-state index contributed by atoms with van der Waals surface area (Å²) < 4.78 is 0. The van der Waals surface area contributed by atoms with Crippen molar-refractivity contribution in [2.24, 2.45) is 0 Å². The smallest absolute Gasteiger partial charge is 0.275 e. The van der Waals surface area contributed by atoms with Gasteiger partial charge in [-0.3, -0.25) is 15.1 Å². The van der Waals surface area contributed by atoms with E-state index in [1.54, 1.807) is 13.8 Å². The number of aromatic nitrogens is 1. The van der Waals surface area contributed by atoms with Crippen LogP contribution in [0, 0.1) is 24.0 Å². The molecule has 66 valence electrons. The molecule has 0 fully saturated rings. The van der Waals surface area contributed by atoms with E-state index in [2.05, 4.69) is 4.98 Å². The Hall–Kier alpha value is -1.49. The minimum atomic E-state index is -0.399. The van der Waals surface area contributed by atoms with Crippen molar-refractivity contribution in [1.29, 1.82) is 0 Å². The van der Waals surface area contributed by atoms with E-state index < -0.39 is 4.92 Å². The first-order chi connectivity index (χ1) is 5.13. The quantitative estimate of drug-likeness (QED) is 0.512. The molecule has 0 amide bonds. The Labute approximate surface area is 70.2 Å². The Bertz CT molecular complexity index is 299. The fraction of sp³-hybridized carbons (Fsp3) is 0.286. The van der Waals surface area contributed by atoms with Crippen LogP contribution in [0.2, 0.25) is 0 Å². The second-order valence-corrected chi connectivity index (χ2v) is 2.30. The molecule has 0 aliphatic carbocycles. The lowest BCUT2D eigenvalue weighted by atomic mass is 10.2. The van der Waals surface area contributed by atoms with E-state index >= 15 is 0 Å². The fourth-order valence-corrected chi connectivity index (χ4v) is 0.825. The molecule has 0 spiro atoms. The number of nitro groups is 1. The molecule has 0 aromatic carbocycles. The Balaban J connectivity index is 0.00000121. The van der Waals surface area contributed by atoms with E-state index in [4.69, 9.17) is 0 Å². The molecular weight excluding hydrogens is 158 g/mol. The Morgan fingerprint density at radius 3 is 2.50 bits per heavy atom. The number of nitrogens with zero attached hydrogens (tertiary/aromatic N) is 2. The van der Waals surface area contributed by atoms with Crippen LogP contribution in [0.4, 0.5) is 5.69 Å². The molecular formula is C7H11N3O2. The third-order valence-corrected chi connectivity index (χ3v) is 1.62. The maximum absolute atomic E-state index is 10.4. The van der Waals surface area contributed by atoms with Gasteiger partial charge < -0.3 is 6.15 Å². The van der Waals surface area contributed by atoms with Crippen molar-refractivity contribution in [3.8, 4) is 0 Å². The van der Waals surface area contributed by atoms with Crippen LogP contribution >= 0.6 is 0 Å². The first-order valence-electron chi connectivity index (χ1n) is 3.19. The summed E-state index contributed by atoms with van der Waals surface area (Å²) in [5.74, 6) is 0. The van der Waals surface area contributed by atoms with Gasteiger partial charge in [0.05, 0.1) is 4.92 Å².